The number of hydrogen-bond donors (Lipinski definition) is 1. The largest absolute Gasteiger partial charge is 0.461 e. The molecule has 0 aromatic heterocycles. The van der Waals surface area contributed by atoms with E-state index in [0.717, 1.165) is 11.1 Å². The van der Waals surface area contributed by atoms with Crippen LogP contribution in [0.3, 0.4) is 0 Å². The van der Waals surface area contributed by atoms with Crippen molar-refractivity contribution in [2.75, 3.05) is 13.1 Å². The standard InChI is InChI=1S/C24H26N2O5/c27-22(21-20(25-24(29)31-21)15-17-7-3-1-4-8-17)26-13-11-19(12-14-26)23(28)30-16-18-9-5-2-6-10-18/h1-10,19-21H,11-16H2,(H,25,29)/t20-,21+/m0/s1. The van der Waals surface area contributed by atoms with Crippen LogP contribution in [0, 0.1) is 5.92 Å². The number of ether oxygens (including phenoxy) is 2. The summed E-state index contributed by atoms with van der Waals surface area (Å²) in [5, 5.41) is 2.75. The molecule has 0 unspecified atom stereocenters. The number of piperidine rings is 1. The molecule has 0 bridgehead atoms. The first-order valence-electron chi connectivity index (χ1n) is 10.6. The molecule has 2 aromatic carbocycles. The Morgan fingerprint density at radius 1 is 0.968 bits per heavy atom. The molecule has 0 radical (unpaired) electrons. The maximum absolute atomic E-state index is 13.0. The molecule has 4 rings (SSSR count). The zero-order valence-corrected chi connectivity index (χ0v) is 17.2. The maximum atomic E-state index is 13.0. The van der Waals surface area contributed by atoms with Crippen molar-refractivity contribution in [3.63, 3.8) is 0 Å². The van der Waals surface area contributed by atoms with E-state index in [1.54, 1.807) is 4.90 Å². The van der Waals surface area contributed by atoms with E-state index in [1.165, 1.54) is 0 Å². The number of rotatable bonds is 6. The second-order valence-corrected chi connectivity index (χ2v) is 7.96. The van der Waals surface area contributed by atoms with Gasteiger partial charge in [-0.3, -0.25) is 9.59 Å². The summed E-state index contributed by atoms with van der Waals surface area (Å²) in [4.78, 5) is 38.9. The van der Waals surface area contributed by atoms with Crippen LogP contribution in [0.5, 0.6) is 0 Å². The van der Waals surface area contributed by atoms with E-state index in [1.807, 2.05) is 60.7 Å². The van der Waals surface area contributed by atoms with Crippen molar-refractivity contribution in [3.8, 4) is 0 Å². The topological polar surface area (TPSA) is 84.9 Å². The molecule has 2 aliphatic rings. The number of alkyl carbamates (subject to hydrolysis) is 1. The van der Waals surface area contributed by atoms with Crippen LogP contribution in [0.4, 0.5) is 4.79 Å². The third-order valence-corrected chi connectivity index (χ3v) is 5.81. The minimum absolute atomic E-state index is 0.213. The molecule has 31 heavy (non-hydrogen) atoms. The summed E-state index contributed by atoms with van der Waals surface area (Å²) >= 11 is 0. The van der Waals surface area contributed by atoms with Crippen LogP contribution in [0.15, 0.2) is 60.7 Å². The van der Waals surface area contributed by atoms with Crippen LogP contribution in [0.1, 0.15) is 24.0 Å². The van der Waals surface area contributed by atoms with Crippen LogP contribution in [-0.2, 0) is 32.1 Å². The molecule has 2 heterocycles. The van der Waals surface area contributed by atoms with Crippen LogP contribution >= 0.6 is 0 Å². The van der Waals surface area contributed by atoms with Gasteiger partial charge in [-0.25, -0.2) is 4.79 Å². The quantitative estimate of drug-likeness (QED) is 0.724. The van der Waals surface area contributed by atoms with E-state index >= 15 is 0 Å². The Morgan fingerprint density at radius 2 is 1.58 bits per heavy atom. The fourth-order valence-electron chi connectivity index (χ4n) is 4.07. The molecule has 2 amide bonds. The summed E-state index contributed by atoms with van der Waals surface area (Å²) in [6.07, 6.45) is 0.173. The third kappa shape index (κ3) is 5.23. The van der Waals surface area contributed by atoms with E-state index in [4.69, 9.17) is 9.47 Å². The summed E-state index contributed by atoms with van der Waals surface area (Å²) in [6.45, 7) is 1.13. The monoisotopic (exact) mass is 422 g/mol. The van der Waals surface area contributed by atoms with Gasteiger partial charge in [0, 0.05) is 13.1 Å². The van der Waals surface area contributed by atoms with Crippen molar-refractivity contribution in [2.24, 2.45) is 5.92 Å². The summed E-state index contributed by atoms with van der Waals surface area (Å²) in [7, 11) is 0. The number of likely N-dealkylation sites (tertiary alicyclic amines) is 1. The second kappa shape index (κ2) is 9.64. The van der Waals surface area contributed by atoms with Gasteiger partial charge in [0.2, 0.25) is 6.10 Å². The molecule has 7 nitrogen and oxygen atoms in total. The Labute approximate surface area is 181 Å². The summed E-state index contributed by atoms with van der Waals surface area (Å²) < 4.78 is 10.7. The molecule has 2 aliphatic heterocycles. The van der Waals surface area contributed by atoms with Crippen molar-refractivity contribution >= 4 is 18.0 Å². The van der Waals surface area contributed by atoms with Crippen molar-refractivity contribution in [1.82, 2.24) is 10.2 Å². The first-order chi connectivity index (χ1) is 15.1. The van der Waals surface area contributed by atoms with Gasteiger partial charge in [-0.05, 0) is 30.4 Å². The van der Waals surface area contributed by atoms with Crippen LogP contribution in [0.25, 0.3) is 0 Å². The molecule has 2 aromatic rings. The summed E-state index contributed by atoms with van der Waals surface area (Å²) in [5.41, 5.74) is 1.97. The van der Waals surface area contributed by atoms with Gasteiger partial charge in [-0.15, -0.1) is 0 Å². The molecule has 1 N–H and O–H groups in total. The summed E-state index contributed by atoms with van der Waals surface area (Å²) in [6, 6.07) is 18.8. The Hall–Kier alpha value is -3.35. The molecule has 162 valence electrons. The van der Waals surface area contributed by atoms with Crippen molar-refractivity contribution in [3.05, 3.63) is 71.8 Å². The Bertz CT molecular complexity index is 910. The molecule has 2 atom stereocenters. The van der Waals surface area contributed by atoms with Gasteiger partial charge in [-0.1, -0.05) is 60.7 Å². The van der Waals surface area contributed by atoms with Crippen LogP contribution in [-0.4, -0.2) is 48.1 Å². The SMILES string of the molecule is O=C1N[C@@H](Cc2ccccc2)[C@H](C(=O)N2CCC(C(=O)OCc3ccccc3)CC2)O1. The van der Waals surface area contributed by atoms with Gasteiger partial charge in [0.05, 0.1) is 12.0 Å². The first-order valence-corrected chi connectivity index (χ1v) is 10.6. The van der Waals surface area contributed by atoms with Gasteiger partial charge in [-0.2, -0.15) is 0 Å². The van der Waals surface area contributed by atoms with Crippen LogP contribution in [0.2, 0.25) is 0 Å². The highest BCUT2D eigenvalue weighted by molar-refractivity contribution is 5.87. The fraction of sp³-hybridized carbons (Fsp3) is 0.375. The third-order valence-electron chi connectivity index (χ3n) is 5.81. The lowest BCUT2D eigenvalue weighted by Gasteiger charge is -2.33. The molecule has 2 saturated heterocycles. The zero-order valence-electron chi connectivity index (χ0n) is 17.2. The van der Waals surface area contributed by atoms with Crippen molar-refractivity contribution in [1.29, 1.82) is 0 Å². The number of carbonyl (C=O) groups is 3. The molecule has 0 aliphatic carbocycles. The second-order valence-electron chi connectivity index (χ2n) is 7.96. The number of carbonyl (C=O) groups excluding carboxylic acids is 3. The van der Waals surface area contributed by atoms with E-state index in [-0.39, 0.29) is 24.4 Å². The highest BCUT2D eigenvalue weighted by atomic mass is 16.6. The van der Waals surface area contributed by atoms with E-state index in [9.17, 15) is 14.4 Å². The fourth-order valence-corrected chi connectivity index (χ4v) is 4.07. The molecule has 7 heteroatoms. The lowest BCUT2D eigenvalue weighted by atomic mass is 9.95. The van der Waals surface area contributed by atoms with Gasteiger partial charge in [0.25, 0.3) is 5.91 Å². The van der Waals surface area contributed by atoms with Gasteiger partial charge in [0.15, 0.2) is 0 Å². The van der Waals surface area contributed by atoms with Crippen LogP contribution < -0.4 is 5.32 Å². The lowest BCUT2D eigenvalue weighted by Crippen LogP contribution is -2.49. The molecule has 0 saturated carbocycles. The maximum Gasteiger partial charge on any atom is 0.408 e. The minimum Gasteiger partial charge on any atom is -0.461 e. The average Bonchev–Trinajstić information content (AvgIpc) is 3.18. The first kappa shape index (κ1) is 20.9. The molecule has 0 spiro atoms. The van der Waals surface area contributed by atoms with Gasteiger partial charge < -0.3 is 19.7 Å². The van der Waals surface area contributed by atoms with E-state index in [2.05, 4.69) is 5.32 Å². The number of esters is 1. The van der Waals surface area contributed by atoms with Crippen molar-refractivity contribution in [2.45, 2.75) is 38.0 Å². The number of hydrogen-bond acceptors (Lipinski definition) is 5. The summed E-state index contributed by atoms with van der Waals surface area (Å²) in [5.74, 6) is -0.667. The smallest absolute Gasteiger partial charge is 0.408 e. The Morgan fingerprint density at radius 3 is 2.23 bits per heavy atom. The number of nitrogens with one attached hydrogen (secondary N) is 1. The molecule has 2 fully saturated rings. The van der Waals surface area contributed by atoms with Gasteiger partial charge >= 0.3 is 12.1 Å². The predicted molar refractivity (Wildman–Crippen MR) is 113 cm³/mol. The number of nitrogens with zero attached hydrogens (tertiary/aromatic N) is 1. The lowest BCUT2D eigenvalue weighted by molar-refractivity contribution is -0.154. The molecular formula is C24H26N2O5. The zero-order chi connectivity index (χ0) is 21.6. The van der Waals surface area contributed by atoms with Gasteiger partial charge in [0.1, 0.15) is 6.61 Å². The normalized spacial score (nSPS) is 21.3. The number of cyclic esters (lactones) is 1. The average molecular weight is 422 g/mol. The number of amides is 2. The highest BCUT2D eigenvalue weighted by Gasteiger charge is 2.42. The molecular weight excluding hydrogens is 396 g/mol. The van der Waals surface area contributed by atoms with E-state index in [0.29, 0.717) is 32.4 Å². The minimum atomic E-state index is -0.853. The predicted octanol–water partition coefficient (Wildman–Crippen LogP) is 2.69. The Kier molecular flexibility index (Phi) is 6.50. The Balaban J connectivity index is 1.29. The number of benzene rings is 2. The van der Waals surface area contributed by atoms with Crippen molar-refractivity contribution < 1.29 is 23.9 Å². The highest BCUT2D eigenvalue weighted by Crippen LogP contribution is 2.23. The van der Waals surface area contributed by atoms with E-state index < -0.39 is 18.2 Å².